The maximum atomic E-state index is 12.9. The molecule has 0 N–H and O–H groups in total. The lowest BCUT2D eigenvalue weighted by molar-refractivity contribution is -0.559. The van der Waals surface area contributed by atoms with E-state index in [1.807, 2.05) is 42.7 Å². The number of amides is 3. The second-order valence-electron chi connectivity index (χ2n) is 6.89. The largest absolute Gasteiger partial charge is 0.417 e. The van der Waals surface area contributed by atoms with Crippen LogP contribution >= 0.6 is 11.6 Å². The molecular weight excluding hydrogens is 368 g/mol. The fraction of sp³-hybridized carbons (Fsp3) is 0.389. The number of carbonyl (C=O) groups is 2. The first-order chi connectivity index (χ1) is 12.8. The van der Waals surface area contributed by atoms with Crippen LogP contribution in [0.2, 0.25) is 5.02 Å². The number of nitrogens with zero attached hydrogens (tertiary/aromatic N) is 6. The number of guanidine groups is 1. The molecule has 3 amide bonds. The molecule has 2 atom stereocenters. The van der Waals surface area contributed by atoms with E-state index < -0.39 is 12.1 Å². The van der Waals surface area contributed by atoms with E-state index in [1.54, 1.807) is 12.1 Å². The number of fused-ring (bicyclic) bond motifs is 2. The SMILES string of the molecule is CC1=NN(Cc2ccccc2Cl)C2=[N+](C1C)C1C(=O)N(C)C(=O)N(C)C1=N2. The van der Waals surface area contributed by atoms with Gasteiger partial charge in [-0.25, -0.2) is 9.37 Å². The average molecular weight is 388 g/mol. The van der Waals surface area contributed by atoms with Crippen molar-refractivity contribution >= 4 is 41.0 Å². The van der Waals surface area contributed by atoms with Gasteiger partial charge in [0.25, 0.3) is 5.91 Å². The molecule has 1 aromatic rings. The Morgan fingerprint density at radius 2 is 1.89 bits per heavy atom. The molecule has 3 aliphatic rings. The summed E-state index contributed by atoms with van der Waals surface area (Å²) in [7, 11) is 3.12. The second kappa shape index (κ2) is 6.16. The molecule has 0 spiro atoms. The molecule has 4 rings (SSSR count). The fourth-order valence-corrected chi connectivity index (χ4v) is 3.75. The van der Waals surface area contributed by atoms with Crippen LogP contribution < -0.4 is 0 Å². The van der Waals surface area contributed by atoms with Crippen LogP contribution in [0.3, 0.4) is 0 Å². The summed E-state index contributed by atoms with van der Waals surface area (Å²) >= 11 is 6.31. The summed E-state index contributed by atoms with van der Waals surface area (Å²) in [5.41, 5.74) is 1.76. The molecule has 0 aliphatic carbocycles. The highest BCUT2D eigenvalue weighted by Crippen LogP contribution is 2.26. The average Bonchev–Trinajstić information content (AvgIpc) is 3.05. The summed E-state index contributed by atoms with van der Waals surface area (Å²) in [5, 5.41) is 7.05. The molecule has 0 saturated carbocycles. The molecule has 1 aromatic carbocycles. The van der Waals surface area contributed by atoms with Gasteiger partial charge in [0, 0.05) is 24.7 Å². The molecule has 0 radical (unpaired) electrons. The van der Waals surface area contributed by atoms with Crippen molar-refractivity contribution in [2.45, 2.75) is 32.5 Å². The molecule has 3 aliphatic heterocycles. The molecule has 27 heavy (non-hydrogen) atoms. The quantitative estimate of drug-likeness (QED) is 0.723. The van der Waals surface area contributed by atoms with Crippen LogP contribution in [-0.4, -0.2) is 75.0 Å². The van der Waals surface area contributed by atoms with Gasteiger partial charge in [0.05, 0.1) is 5.71 Å². The van der Waals surface area contributed by atoms with E-state index >= 15 is 0 Å². The van der Waals surface area contributed by atoms with Crippen molar-refractivity contribution < 1.29 is 14.2 Å². The summed E-state index contributed by atoms with van der Waals surface area (Å²) < 4.78 is 1.93. The van der Waals surface area contributed by atoms with Gasteiger partial charge >= 0.3 is 12.0 Å². The predicted octanol–water partition coefficient (Wildman–Crippen LogP) is 1.59. The number of halogens is 1. The summed E-state index contributed by atoms with van der Waals surface area (Å²) in [6, 6.07) is 6.40. The third-order valence-corrected chi connectivity index (χ3v) is 5.63. The second-order valence-corrected chi connectivity index (χ2v) is 7.29. The summed E-state index contributed by atoms with van der Waals surface area (Å²) in [5.74, 6) is 0.696. The first-order valence-electron chi connectivity index (χ1n) is 8.66. The van der Waals surface area contributed by atoms with E-state index in [1.165, 1.54) is 11.9 Å². The van der Waals surface area contributed by atoms with E-state index in [0.717, 1.165) is 16.2 Å². The topological polar surface area (TPSA) is 71.6 Å². The molecule has 140 valence electrons. The number of hydrogen-bond donors (Lipinski definition) is 0. The normalized spacial score (nSPS) is 24.9. The van der Waals surface area contributed by atoms with Crippen LogP contribution in [0.1, 0.15) is 19.4 Å². The zero-order valence-corrected chi connectivity index (χ0v) is 16.3. The third kappa shape index (κ3) is 2.55. The first-order valence-corrected chi connectivity index (χ1v) is 9.04. The highest BCUT2D eigenvalue weighted by molar-refractivity contribution is 6.31. The maximum absolute atomic E-state index is 12.9. The number of aliphatic imine (C=N–C) groups is 1. The number of hydrazone groups is 1. The fourth-order valence-electron chi connectivity index (χ4n) is 3.55. The van der Waals surface area contributed by atoms with Gasteiger partial charge in [0.2, 0.25) is 11.9 Å². The van der Waals surface area contributed by atoms with Crippen LogP contribution in [0.4, 0.5) is 4.79 Å². The molecule has 3 heterocycles. The van der Waals surface area contributed by atoms with Gasteiger partial charge in [-0.1, -0.05) is 34.8 Å². The molecule has 1 fully saturated rings. The number of hydrogen-bond acceptors (Lipinski definition) is 5. The molecule has 8 nitrogen and oxygen atoms in total. The van der Waals surface area contributed by atoms with E-state index in [0.29, 0.717) is 23.4 Å². The maximum Gasteiger partial charge on any atom is 0.417 e. The molecule has 0 bridgehead atoms. The molecule has 9 heteroatoms. The lowest BCUT2D eigenvalue weighted by Crippen LogP contribution is -2.63. The Morgan fingerprint density at radius 1 is 1.19 bits per heavy atom. The number of rotatable bonds is 2. The van der Waals surface area contributed by atoms with Crippen molar-refractivity contribution in [3.8, 4) is 0 Å². The standard InChI is InChI=1S/C18H20ClN6O2/c1-10-11(2)25-14-15(22(3)18(27)23(4)16(14)26)20-17(25)24(21-10)9-12-7-5-6-8-13(12)19/h5-8,11,14H,9H2,1-4H3/q+1. The molecule has 2 unspecified atom stereocenters. The van der Waals surface area contributed by atoms with Gasteiger partial charge in [0.15, 0.2) is 0 Å². The van der Waals surface area contributed by atoms with Crippen LogP contribution in [-0.2, 0) is 11.3 Å². The summed E-state index contributed by atoms with van der Waals surface area (Å²) in [6.45, 7) is 4.32. The van der Waals surface area contributed by atoms with Crippen molar-refractivity contribution in [3.63, 3.8) is 0 Å². The molecule has 1 saturated heterocycles. The Morgan fingerprint density at radius 3 is 2.59 bits per heavy atom. The van der Waals surface area contributed by atoms with E-state index in [-0.39, 0.29) is 11.9 Å². The Bertz CT molecular complexity index is 953. The minimum absolute atomic E-state index is 0.118. The number of carbonyl (C=O) groups excluding carboxylic acids is 2. The summed E-state index contributed by atoms with van der Waals surface area (Å²) in [6.07, 6.45) is 0. The van der Waals surface area contributed by atoms with Crippen LogP contribution in [0, 0.1) is 0 Å². The van der Waals surface area contributed by atoms with Crippen molar-refractivity contribution in [2.75, 3.05) is 14.1 Å². The number of imide groups is 1. The summed E-state index contributed by atoms with van der Waals surface area (Å²) in [4.78, 5) is 32.4. The number of urea groups is 1. The van der Waals surface area contributed by atoms with E-state index in [4.69, 9.17) is 11.6 Å². The Kier molecular flexibility index (Phi) is 4.03. The van der Waals surface area contributed by atoms with Gasteiger partial charge < -0.3 is 0 Å². The van der Waals surface area contributed by atoms with Gasteiger partial charge in [-0.05, 0) is 19.9 Å². The highest BCUT2D eigenvalue weighted by Gasteiger charge is 2.55. The third-order valence-electron chi connectivity index (χ3n) is 5.26. The monoisotopic (exact) mass is 387 g/mol. The zero-order valence-electron chi connectivity index (χ0n) is 15.5. The Labute approximate surface area is 162 Å². The first kappa shape index (κ1) is 17.7. The van der Waals surface area contributed by atoms with Gasteiger partial charge in [-0.15, -0.1) is 10.1 Å². The Balaban J connectivity index is 1.79. The molecular formula is C18H20ClN6O2+. The number of benzene rings is 1. The number of likely N-dealkylation sites (N-methyl/N-ethyl adjacent to an activating group) is 2. The van der Waals surface area contributed by atoms with E-state index in [2.05, 4.69) is 10.1 Å². The van der Waals surface area contributed by atoms with Crippen molar-refractivity contribution in [2.24, 2.45) is 10.1 Å². The minimum Gasteiger partial charge on any atom is -0.270 e. The number of amidine groups is 1. The zero-order chi connectivity index (χ0) is 19.5. The highest BCUT2D eigenvalue weighted by atomic mass is 35.5. The van der Waals surface area contributed by atoms with Crippen LogP contribution in [0.5, 0.6) is 0 Å². The smallest absolute Gasteiger partial charge is 0.270 e. The van der Waals surface area contributed by atoms with Crippen LogP contribution in [0.15, 0.2) is 34.4 Å². The van der Waals surface area contributed by atoms with Crippen molar-refractivity contribution in [1.29, 1.82) is 0 Å². The van der Waals surface area contributed by atoms with Gasteiger partial charge in [-0.2, -0.15) is 0 Å². The van der Waals surface area contributed by atoms with E-state index in [9.17, 15) is 9.59 Å². The predicted molar refractivity (Wildman–Crippen MR) is 102 cm³/mol. The molecule has 0 aromatic heterocycles. The lowest BCUT2D eigenvalue weighted by atomic mass is 10.1. The van der Waals surface area contributed by atoms with Gasteiger partial charge in [-0.3, -0.25) is 14.6 Å². The van der Waals surface area contributed by atoms with Crippen LogP contribution in [0.25, 0.3) is 0 Å². The van der Waals surface area contributed by atoms with Crippen molar-refractivity contribution in [3.05, 3.63) is 34.9 Å². The van der Waals surface area contributed by atoms with Gasteiger partial charge in [0.1, 0.15) is 12.6 Å². The Hall–Kier alpha value is -2.74. The minimum atomic E-state index is -0.637. The lowest BCUT2D eigenvalue weighted by Gasteiger charge is -2.33. The van der Waals surface area contributed by atoms with Crippen molar-refractivity contribution in [1.82, 2.24) is 14.8 Å².